The predicted molar refractivity (Wildman–Crippen MR) is 68.5 cm³/mol. The van der Waals surface area contributed by atoms with E-state index in [0.717, 1.165) is 12.8 Å². The summed E-state index contributed by atoms with van der Waals surface area (Å²) in [7, 11) is 0. The Bertz CT molecular complexity index is 318. The zero-order valence-corrected chi connectivity index (χ0v) is 11.3. The van der Waals surface area contributed by atoms with E-state index in [9.17, 15) is 4.79 Å². The first-order valence-corrected chi connectivity index (χ1v) is 6.82. The Morgan fingerprint density at radius 3 is 2.18 bits per heavy atom. The molecule has 0 aliphatic heterocycles. The summed E-state index contributed by atoms with van der Waals surface area (Å²) in [5.74, 6) is 1.74. The molecule has 0 bridgehead atoms. The van der Waals surface area contributed by atoms with Crippen molar-refractivity contribution < 1.29 is 9.53 Å². The number of ether oxygens (including phenoxy) is 1. The molecule has 0 saturated heterocycles. The molecular formula is C15H24O2. The van der Waals surface area contributed by atoms with Gasteiger partial charge < -0.3 is 4.74 Å². The van der Waals surface area contributed by atoms with E-state index in [1.165, 1.54) is 19.3 Å². The molecule has 0 aromatic heterocycles. The van der Waals surface area contributed by atoms with Crippen LogP contribution in [0.2, 0.25) is 0 Å². The highest BCUT2D eigenvalue weighted by atomic mass is 16.6. The smallest absolute Gasteiger partial charge is 0.333 e. The van der Waals surface area contributed by atoms with Crippen LogP contribution in [0.1, 0.15) is 52.9 Å². The van der Waals surface area contributed by atoms with E-state index in [0.29, 0.717) is 23.3 Å². The highest BCUT2D eigenvalue weighted by molar-refractivity contribution is 5.87. The first kappa shape index (κ1) is 12.7. The maximum Gasteiger partial charge on any atom is 0.333 e. The van der Waals surface area contributed by atoms with Crippen LogP contribution in [0, 0.1) is 17.8 Å². The molecule has 0 aromatic rings. The first-order valence-electron chi connectivity index (χ1n) is 6.82. The molecule has 2 atom stereocenters. The Balaban J connectivity index is 2.14. The van der Waals surface area contributed by atoms with E-state index in [-0.39, 0.29) is 11.6 Å². The Labute approximate surface area is 104 Å². The van der Waals surface area contributed by atoms with Crippen molar-refractivity contribution in [3.05, 3.63) is 12.2 Å². The fourth-order valence-corrected chi connectivity index (χ4v) is 3.50. The molecule has 2 aliphatic rings. The zero-order chi connectivity index (χ0) is 12.6. The molecule has 96 valence electrons. The van der Waals surface area contributed by atoms with Crippen molar-refractivity contribution in [2.24, 2.45) is 17.8 Å². The molecule has 2 heteroatoms. The Hall–Kier alpha value is -0.790. The summed E-state index contributed by atoms with van der Waals surface area (Å²) >= 11 is 0. The molecule has 0 aromatic carbocycles. The summed E-state index contributed by atoms with van der Waals surface area (Å²) in [5, 5.41) is 0. The molecule has 2 fully saturated rings. The topological polar surface area (TPSA) is 26.3 Å². The number of rotatable bonds is 3. The van der Waals surface area contributed by atoms with Crippen LogP contribution in [-0.4, -0.2) is 11.6 Å². The van der Waals surface area contributed by atoms with Gasteiger partial charge in [0.2, 0.25) is 0 Å². The second kappa shape index (κ2) is 4.47. The molecule has 0 radical (unpaired) electrons. The summed E-state index contributed by atoms with van der Waals surface area (Å²) in [6.07, 6.45) is 5.80. The standard InChI is InChI=1S/C15H24O2/c1-10(2)14(16)17-15(13-5-6-13)8-11(3)7-12(4)9-15/h11-13H,1,5-9H2,2-4H3. The van der Waals surface area contributed by atoms with Crippen molar-refractivity contribution in [2.45, 2.75) is 58.5 Å². The molecule has 2 unspecified atom stereocenters. The summed E-state index contributed by atoms with van der Waals surface area (Å²) in [5.41, 5.74) is 0.350. The molecule has 2 nitrogen and oxygen atoms in total. The average molecular weight is 236 g/mol. The van der Waals surface area contributed by atoms with Gasteiger partial charge in [0.1, 0.15) is 5.60 Å². The monoisotopic (exact) mass is 236 g/mol. The van der Waals surface area contributed by atoms with Gasteiger partial charge in [-0.05, 0) is 56.8 Å². The number of carbonyl (C=O) groups is 1. The minimum atomic E-state index is -0.196. The molecular weight excluding hydrogens is 212 g/mol. The van der Waals surface area contributed by atoms with Gasteiger partial charge in [-0.15, -0.1) is 0 Å². The summed E-state index contributed by atoms with van der Waals surface area (Å²) in [6.45, 7) is 9.99. The van der Waals surface area contributed by atoms with Gasteiger partial charge in [0.05, 0.1) is 0 Å². The van der Waals surface area contributed by atoms with E-state index < -0.39 is 0 Å². The van der Waals surface area contributed by atoms with Gasteiger partial charge in [0.25, 0.3) is 0 Å². The quantitative estimate of drug-likeness (QED) is 0.551. The van der Waals surface area contributed by atoms with Gasteiger partial charge in [-0.3, -0.25) is 0 Å². The van der Waals surface area contributed by atoms with E-state index >= 15 is 0 Å². The summed E-state index contributed by atoms with van der Waals surface area (Å²) in [6, 6.07) is 0. The van der Waals surface area contributed by atoms with Crippen LogP contribution in [0.15, 0.2) is 12.2 Å². The maximum absolute atomic E-state index is 11.8. The lowest BCUT2D eigenvalue weighted by molar-refractivity contribution is -0.165. The Morgan fingerprint density at radius 1 is 1.24 bits per heavy atom. The van der Waals surface area contributed by atoms with Crippen molar-refractivity contribution >= 4 is 5.97 Å². The highest BCUT2D eigenvalue weighted by Gasteiger charge is 2.51. The van der Waals surface area contributed by atoms with Crippen molar-refractivity contribution in [1.29, 1.82) is 0 Å². The molecule has 17 heavy (non-hydrogen) atoms. The minimum Gasteiger partial charge on any atom is -0.455 e. The molecule has 2 rings (SSSR count). The van der Waals surface area contributed by atoms with Crippen LogP contribution in [0.4, 0.5) is 0 Å². The van der Waals surface area contributed by atoms with Crippen LogP contribution < -0.4 is 0 Å². The molecule has 2 saturated carbocycles. The Kier molecular flexibility index (Phi) is 3.33. The zero-order valence-electron chi connectivity index (χ0n) is 11.3. The van der Waals surface area contributed by atoms with Crippen molar-refractivity contribution in [3.8, 4) is 0 Å². The van der Waals surface area contributed by atoms with Crippen molar-refractivity contribution in [2.75, 3.05) is 0 Å². The molecule has 0 heterocycles. The van der Waals surface area contributed by atoms with Crippen LogP contribution in [0.25, 0.3) is 0 Å². The van der Waals surface area contributed by atoms with Crippen molar-refractivity contribution in [3.63, 3.8) is 0 Å². The van der Waals surface area contributed by atoms with E-state index in [1.54, 1.807) is 6.92 Å². The second-order valence-corrected chi connectivity index (χ2v) is 6.36. The lowest BCUT2D eigenvalue weighted by Gasteiger charge is -2.42. The number of esters is 1. The Morgan fingerprint density at radius 2 is 1.76 bits per heavy atom. The fraction of sp³-hybridized carbons (Fsp3) is 0.800. The third-order valence-corrected chi connectivity index (χ3v) is 4.16. The number of hydrogen-bond acceptors (Lipinski definition) is 2. The predicted octanol–water partition coefficient (Wildman–Crippen LogP) is 3.71. The van der Waals surface area contributed by atoms with E-state index in [2.05, 4.69) is 20.4 Å². The van der Waals surface area contributed by atoms with Crippen molar-refractivity contribution in [1.82, 2.24) is 0 Å². The lowest BCUT2D eigenvalue weighted by Crippen LogP contribution is -2.44. The van der Waals surface area contributed by atoms with Gasteiger partial charge in [0, 0.05) is 5.57 Å². The van der Waals surface area contributed by atoms with Gasteiger partial charge >= 0.3 is 5.97 Å². The largest absolute Gasteiger partial charge is 0.455 e. The first-order chi connectivity index (χ1) is 7.93. The fourth-order valence-electron chi connectivity index (χ4n) is 3.50. The highest BCUT2D eigenvalue weighted by Crippen LogP contribution is 2.52. The SMILES string of the molecule is C=C(C)C(=O)OC1(C2CC2)CC(C)CC(C)C1. The molecule has 0 spiro atoms. The van der Waals surface area contributed by atoms with E-state index in [1.807, 2.05) is 0 Å². The number of carbonyl (C=O) groups excluding carboxylic acids is 1. The number of hydrogen-bond donors (Lipinski definition) is 0. The third kappa shape index (κ3) is 2.72. The van der Waals surface area contributed by atoms with Crippen LogP contribution in [-0.2, 0) is 9.53 Å². The summed E-state index contributed by atoms with van der Waals surface area (Å²) < 4.78 is 5.87. The van der Waals surface area contributed by atoms with Gasteiger partial charge in [-0.1, -0.05) is 20.4 Å². The van der Waals surface area contributed by atoms with Gasteiger partial charge in [-0.25, -0.2) is 4.79 Å². The third-order valence-electron chi connectivity index (χ3n) is 4.16. The van der Waals surface area contributed by atoms with Gasteiger partial charge in [0.15, 0.2) is 0 Å². The molecule has 0 amide bonds. The maximum atomic E-state index is 11.8. The van der Waals surface area contributed by atoms with Crippen LogP contribution in [0.3, 0.4) is 0 Å². The summed E-state index contributed by atoms with van der Waals surface area (Å²) in [4.78, 5) is 11.8. The lowest BCUT2D eigenvalue weighted by atomic mass is 9.71. The van der Waals surface area contributed by atoms with Crippen LogP contribution >= 0.6 is 0 Å². The molecule has 0 N–H and O–H groups in total. The normalized spacial score (nSPS) is 37.6. The second-order valence-electron chi connectivity index (χ2n) is 6.36. The van der Waals surface area contributed by atoms with Crippen LogP contribution in [0.5, 0.6) is 0 Å². The molecule has 2 aliphatic carbocycles. The minimum absolute atomic E-state index is 0.173. The average Bonchev–Trinajstić information content (AvgIpc) is 2.98. The van der Waals surface area contributed by atoms with Gasteiger partial charge in [-0.2, -0.15) is 0 Å². The van der Waals surface area contributed by atoms with E-state index in [4.69, 9.17) is 4.74 Å².